The van der Waals surface area contributed by atoms with Gasteiger partial charge in [0.25, 0.3) is 11.4 Å². The molecule has 0 fully saturated rings. The van der Waals surface area contributed by atoms with Crippen LogP contribution < -0.4 is 16.2 Å². The van der Waals surface area contributed by atoms with E-state index in [0.717, 1.165) is 21.0 Å². The standard InChI is InChI=1S/C34H35N7O6/c1-19(2)26(28(43)30-39-40-32(47-30)34(4,5)23-16-22-14-10-11-15-24(22)35-17-23)37-25(42)18-41-29(21-12-8-7-9-13-21)36-20(3)27(31(41)44)38-33(45)46-6/h7-17,19,26H,18H2,1-6H3,(H,37,42)(H,38,45)/t26-/m1/s1. The number of nitrogens with zero attached hydrogens (tertiary/aromatic N) is 5. The quantitative estimate of drug-likeness (QED) is 0.205. The Balaban J connectivity index is 1.41. The predicted octanol–water partition coefficient (Wildman–Crippen LogP) is 4.68. The van der Waals surface area contributed by atoms with Gasteiger partial charge >= 0.3 is 6.09 Å². The Morgan fingerprint density at radius 2 is 1.72 bits per heavy atom. The molecule has 0 unspecified atom stereocenters. The van der Waals surface area contributed by atoms with E-state index in [-0.39, 0.29) is 34.9 Å². The number of aryl methyl sites for hydroxylation is 1. The Bertz CT molecular complexity index is 2020. The highest BCUT2D eigenvalue weighted by Crippen LogP contribution is 2.32. The summed E-state index contributed by atoms with van der Waals surface area (Å²) in [6, 6.07) is 17.5. The van der Waals surface area contributed by atoms with Gasteiger partial charge in [-0.1, -0.05) is 62.4 Å². The van der Waals surface area contributed by atoms with E-state index in [0.29, 0.717) is 5.56 Å². The van der Waals surface area contributed by atoms with Crippen LogP contribution in [0.15, 0.2) is 76.1 Å². The molecule has 0 radical (unpaired) electrons. The van der Waals surface area contributed by atoms with Crippen molar-refractivity contribution in [2.75, 3.05) is 12.4 Å². The van der Waals surface area contributed by atoms with E-state index in [1.54, 1.807) is 57.3 Å². The minimum Gasteiger partial charge on any atom is -0.453 e. The van der Waals surface area contributed by atoms with Crippen LogP contribution in [0.5, 0.6) is 0 Å². The topological polar surface area (TPSA) is 171 Å². The van der Waals surface area contributed by atoms with Crippen LogP contribution in [0.25, 0.3) is 22.3 Å². The number of methoxy groups -OCH3 is 1. The molecule has 3 aromatic heterocycles. The van der Waals surface area contributed by atoms with Gasteiger partial charge < -0.3 is 14.5 Å². The number of fused-ring (bicyclic) bond motifs is 1. The summed E-state index contributed by atoms with van der Waals surface area (Å²) in [4.78, 5) is 61.8. The highest BCUT2D eigenvalue weighted by Gasteiger charge is 2.34. The summed E-state index contributed by atoms with van der Waals surface area (Å²) in [5, 5.41) is 14.3. The molecule has 5 rings (SSSR count). The Hall–Kier alpha value is -5.72. The molecule has 0 saturated carbocycles. The van der Waals surface area contributed by atoms with Gasteiger partial charge in [0.05, 0.1) is 29.8 Å². The minimum absolute atomic E-state index is 0.136. The lowest BCUT2D eigenvalue weighted by Crippen LogP contribution is -2.47. The molecule has 0 aliphatic carbocycles. The molecule has 0 saturated heterocycles. The Labute approximate surface area is 270 Å². The van der Waals surface area contributed by atoms with E-state index in [1.165, 1.54) is 7.11 Å². The fraction of sp³-hybridized carbons (Fsp3) is 0.294. The summed E-state index contributed by atoms with van der Waals surface area (Å²) < 4.78 is 11.7. The number of benzene rings is 2. The average Bonchev–Trinajstić information content (AvgIpc) is 3.58. The summed E-state index contributed by atoms with van der Waals surface area (Å²) in [6.45, 7) is 8.37. The molecule has 0 spiro atoms. The fourth-order valence-electron chi connectivity index (χ4n) is 5.05. The van der Waals surface area contributed by atoms with E-state index in [2.05, 4.69) is 35.5 Å². The van der Waals surface area contributed by atoms with Gasteiger partial charge in [-0.05, 0) is 44.4 Å². The summed E-state index contributed by atoms with van der Waals surface area (Å²) in [6.07, 6.45) is 0.878. The maximum Gasteiger partial charge on any atom is 0.411 e. The van der Waals surface area contributed by atoms with Crippen LogP contribution in [0.2, 0.25) is 0 Å². The molecule has 13 nitrogen and oxygen atoms in total. The zero-order valence-electron chi connectivity index (χ0n) is 26.9. The van der Waals surface area contributed by atoms with E-state index in [1.807, 2.05) is 44.2 Å². The van der Waals surface area contributed by atoms with E-state index in [9.17, 15) is 19.2 Å². The summed E-state index contributed by atoms with van der Waals surface area (Å²) in [7, 11) is 1.17. The monoisotopic (exact) mass is 637 g/mol. The maximum absolute atomic E-state index is 13.7. The first kappa shape index (κ1) is 32.7. The van der Waals surface area contributed by atoms with Crippen LogP contribution in [-0.4, -0.2) is 55.7 Å². The van der Waals surface area contributed by atoms with E-state index in [4.69, 9.17) is 4.42 Å². The number of Topliss-reactive ketones (excluding diaryl/α,β-unsaturated/α-hetero) is 1. The van der Waals surface area contributed by atoms with Gasteiger partial charge in [0, 0.05) is 17.1 Å². The third-order valence-electron chi connectivity index (χ3n) is 7.84. The van der Waals surface area contributed by atoms with Gasteiger partial charge in [-0.3, -0.25) is 29.3 Å². The smallest absolute Gasteiger partial charge is 0.411 e. The normalized spacial score (nSPS) is 12.1. The van der Waals surface area contributed by atoms with E-state index >= 15 is 0 Å². The van der Waals surface area contributed by atoms with Crippen LogP contribution in [0.4, 0.5) is 10.5 Å². The van der Waals surface area contributed by atoms with Crippen molar-refractivity contribution in [3.63, 3.8) is 0 Å². The Morgan fingerprint density at radius 1 is 1.02 bits per heavy atom. The third-order valence-corrected chi connectivity index (χ3v) is 7.84. The van der Waals surface area contributed by atoms with Crippen molar-refractivity contribution in [3.8, 4) is 11.4 Å². The second-order valence-electron chi connectivity index (χ2n) is 11.9. The zero-order valence-corrected chi connectivity index (χ0v) is 26.9. The number of ether oxygens (including phenoxy) is 1. The predicted molar refractivity (Wildman–Crippen MR) is 174 cm³/mol. The number of ketones is 1. The molecular formula is C34H35N7O6. The number of hydrogen-bond acceptors (Lipinski definition) is 10. The van der Waals surface area contributed by atoms with Crippen LogP contribution >= 0.6 is 0 Å². The molecule has 0 bridgehead atoms. The van der Waals surface area contributed by atoms with Crippen molar-refractivity contribution in [2.45, 2.75) is 52.6 Å². The first-order chi connectivity index (χ1) is 22.4. The number of anilines is 1. The van der Waals surface area contributed by atoms with Crippen molar-refractivity contribution < 1.29 is 23.5 Å². The number of rotatable bonds is 10. The molecule has 242 valence electrons. The lowest BCUT2D eigenvalue weighted by molar-refractivity contribution is -0.122. The average molecular weight is 638 g/mol. The van der Waals surface area contributed by atoms with Crippen molar-refractivity contribution >= 4 is 34.4 Å². The number of amides is 2. The number of aromatic nitrogens is 5. The third kappa shape index (κ3) is 6.78. The number of hydrogen-bond donors (Lipinski definition) is 2. The highest BCUT2D eigenvalue weighted by atomic mass is 16.5. The van der Waals surface area contributed by atoms with Crippen molar-refractivity contribution in [1.29, 1.82) is 0 Å². The van der Waals surface area contributed by atoms with Gasteiger partial charge in [0.1, 0.15) is 18.1 Å². The molecule has 1 atom stereocenters. The molecule has 0 aliphatic heterocycles. The number of pyridine rings is 1. The zero-order chi connectivity index (χ0) is 33.9. The highest BCUT2D eigenvalue weighted by molar-refractivity contribution is 5.98. The lowest BCUT2D eigenvalue weighted by atomic mass is 9.85. The molecule has 13 heteroatoms. The molecule has 0 aliphatic rings. The number of carbonyl (C=O) groups is 3. The summed E-state index contributed by atoms with van der Waals surface area (Å²) in [5.74, 6) is -1.44. The SMILES string of the molecule is COC(=O)Nc1c(C)nc(-c2ccccc2)n(CC(=O)N[C@@H](C(=O)c2nnc(C(C)(C)c3cnc4ccccc4c3)o2)C(C)C)c1=O. The van der Waals surface area contributed by atoms with Crippen molar-refractivity contribution in [3.05, 3.63) is 100 Å². The molecule has 2 aromatic carbocycles. The van der Waals surface area contributed by atoms with Gasteiger partial charge in [-0.15, -0.1) is 10.2 Å². The van der Waals surface area contributed by atoms with Crippen LogP contribution in [0.3, 0.4) is 0 Å². The Morgan fingerprint density at radius 3 is 2.43 bits per heavy atom. The van der Waals surface area contributed by atoms with E-state index < -0.39 is 41.3 Å². The van der Waals surface area contributed by atoms with Gasteiger partial charge in [0.2, 0.25) is 17.6 Å². The summed E-state index contributed by atoms with van der Waals surface area (Å²) in [5.41, 5.74) is 0.895. The fourth-order valence-corrected chi connectivity index (χ4v) is 5.05. The van der Waals surface area contributed by atoms with Gasteiger partial charge in [-0.25, -0.2) is 9.78 Å². The number of nitrogens with one attached hydrogen (secondary N) is 2. The van der Waals surface area contributed by atoms with Gasteiger partial charge in [-0.2, -0.15) is 0 Å². The van der Waals surface area contributed by atoms with Crippen molar-refractivity contribution in [1.82, 2.24) is 30.0 Å². The number of para-hydroxylation sites is 1. The molecule has 3 heterocycles. The molecule has 47 heavy (non-hydrogen) atoms. The molecular weight excluding hydrogens is 602 g/mol. The van der Waals surface area contributed by atoms with Crippen molar-refractivity contribution in [2.24, 2.45) is 5.92 Å². The van der Waals surface area contributed by atoms with Crippen LogP contribution in [0, 0.1) is 12.8 Å². The molecule has 5 aromatic rings. The van der Waals surface area contributed by atoms with Crippen LogP contribution in [-0.2, 0) is 21.5 Å². The van der Waals surface area contributed by atoms with Gasteiger partial charge in [0.15, 0.2) is 0 Å². The van der Waals surface area contributed by atoms with Crippen LogP contribution in [0.1, 0.15) is 55.5 Å². The largest absolute Gasteiger partial charge is 0.453 e. The lowest BCUT2D eigenvalue weighted by Gasteiger charge is -2.22. The Kier molecular flexibility index (Phi) is 9.27. The minimum atomic E-state index is -1.05. The maximum atomic E-state index is 13.7. The number of carbonyl (C=O) groups excluding carboxylic acids is 3. The summed E-state index contributed by atoms with van der Waals surface area (Å²) >= 11 is 0. The second-order valence-corrected chi connectivity index (χ2v) is 11.9. The first-order valence-electron chi connectivity index (χ1n) is 14.9. The molecule has 2 N–H and O–H groups in total. The first-order valence-corrected chi connectivity index (χ1v) is 14.9. The second kappa shape index (κ2) is 13.3. The molecule has 2 amide bonds.